The summed E-state index contributed by atoms with van der Waals surface area (Å²) in [5, 5.41) is 4.72. The van der Waals surface area contributed by atoms with Gasteiger partial charge in [-0.25, -0.2) is 4.98 Å². The van der Waals surface area contributed by atoms with Crippen LogP contribution in [0, 0.1) is 6.92 Å². The third kappa shape index (κ3) is 3.14. The van der Waals surface area contributed by atoms with Crippen LogP contribution in [0.5, 0.6) is 0 Å². The first-order valence-corrected chi connectivity index (χ1v) is 8.79. The molecule has 0 spiro atoms. The fraction of sp³-hybridized carbons (Fsp3) is 0.350. The molecule has 1 aromatic carbocycles. The molecule has 3 aromatic rings. The maximum absolute atomic E-state index is 13.1. The van der Waals surface area contributed by atoms with E-state index in [4.69, 9.17) is 4.52 Å². The summed E-state index contributed by atoms with van der Waals surface area (Å²) < 4.78 is 5.14. The zero-order valence-electron chi connectivity index (χ0n) is 14.3. The summed E-state index contributed by atoms with van der Waals surface area (Å²) in [5.74, 6) is 0.0515. The fourth-order valence-electron chi connectivity index (χ4n) is 3.59. The van der Waals surface area contributed by atoms with Crippen molar-refractivity contribution >= 4 is 17.0 Å². The van der Waals surface area contributed by atoms with Crippen LogP contribution in [0.1, 0.15) is 40.9 Å². The molecular weight excluding hydrogens is 314 g/mol. The van der Waals surface area contributed by atoms with Gasteiger partial charge in [0.1, 0.15) is 0 Å². The quantitative estimate of drug-likeness (QED) is 0.731. The highest BCUT2D eigenvalue weighted by molar-refractivity contribution is 5.97. The molecule has 1 aliphatic heterocycles. The predicted molar refractivity (Wildman–Crippen MR) is 95.4 cm³/mol. The molecule has 3 heterocycles. The Hall–Kier alpha value is -2.69. The minimum Gasteiger partial charge on any atom is -0.336 e. The molecule has 1 amide bonds. The van der Waals surface area contributed by atoms with Crippen LogP contribution in [0.4, 0.5) is 0 Å². The van der Waals surface area contributed by atoms with E-state index in [-0.39, 0.29) is 11.9 Å². The Bertz CT molecular complexity index is 888. The number of carbonyl (C=O) groups is 1. The molecule has 1 atom stereocenters. The van der Waals surface area contributed by atoms with Crippen LogP contribution in [0.25, 0.3) is 11.1 Å². The van der Waals surface area contributed by atoms with E-state index < -0.39 is 0 Å². The lowest BCUT2D eigenvalue weighted by Gasteiger charge is -2.36. The Labute approximate surface area is 146 Å². The topological polar surface area (TPSA) is 59.2 Å². The number of likely N-dealkylation sites (tertiary alicyclic amines) is 1. The van der Waals surface area contributed by atoms with E-state index in [0.717, 1.165) is 36.9 Å². The number of rotatable bonds is 3. The lowest BCUT2D eigenvalue weighted by Crippen LogP contribution is -2.44. The first-order valence-electron chi connectivity index (χ1n) is 8.79. The van der Waals surface area contributed by atoms with Crippen LogP contribution < -0.4 is 0 Å². The molecule has 0 aliphatic carbocycles. The fourth-order valence-corrected chi connectivity index (χ4v) is 3.59. The molecule has 128 valence electrons. The first kappa shape index (κ1) is 15.8. The summed E-state index contributed by atoms with van der Waals surface area (Å²) in [7, 11) is 0. The number of hydrogen-bond acceptors (Lipinski definition) is 4. The Kier molecular flexibility index (Phi) is 4.22. The number of nitrogens with zero attached hydrogens (tertiary/aromatic N) is 3. The van der Waals surface area contributed by atoms with Gasteiger partial charge in [-0.3, -0.25) is 4.79 Å². The third-order valence-corrected chi connectivity index (χ3v) is 4.96. The van der Waals surface area contributed by atoms with Gasteiger partial charge in [-0.15, -0.1) is 0 Å². The van der Waals surface area contributed by atoms with E-state index in [1.54, 1.807) is 6.20 Å². The minimum atomic E-state index is 0.0515. The van der Waals surface area contributed by atoms with Crippen LogP contribution in [-0.4, -0.2) is 33.5 Å². The number of carbonyl (C=O) groups excluding carboxylic acids is 1. The van der Waals surface area contributed by atoms with E-state index in [1.807, 2.05) is 24.0 Å². The number of aromatic nitrogens is 2. The van der Waals surface area contributed by atoms with Crippen LogP contribution in [0.3, 0.4) is 0 Å². The number of pyridine rings is 1. The highest BCUT2D eigenvalue weighted by Crippen LogP contribution is 2.24. The number of aryl methyl sites for hydroxylation is 1. The summed E-state index contributed by atoms with van der Waals surface area (Å²) in [5.41, 5.74) is 3.12. The van der Waals surface area contributed by atoms with E-state index in [0.29, 0.717) is 11.3 Å². The Morgan fingerprint density at radius 2 is 2.12 bits per heavy atom. The third-order valence-electron chi connectivity index (χ3n) is 4.96. The van der Waals surface area contributed by atoms with E-state index in [1.165, 1.54) is 12.0 Å². The number of piperidine rings is 1. The van der Waals surface area contributed by atoms with Gasteiger partial charge in [0.15, 0.2) is 0 Å². The zero-order valence-corrected chi connectivity index (χ0v) is 14.3. The molecule has 5 nitrogen and oxygen atoms in total. The summed E-state index contributed by atoms with van der Waals surface area (Å²) in [6, 6.07) is 12.5. The van der Waals surface area contributed by atoms with Crippen molar-refractivity contribution in [2.75, 3.05) is 6.54 Å². The molecule has 25 heavy (non-hydrogen) atoms. The average Bonchev–Trinajstić information content (AvgIpc) is 3.03. The van der Waals surface area contributed by atoms with Crippen LogP contribution in [0.15, 0.2) is 47.1 Å². The smallest absolute Gasteiger partial charge is 0.257 e. The molecule has 0 N–H and O–H groups in total. The van der Waals surface area contributed by atoms with Gasteiger partial charge in [0.2, 0.25) is 0 Å². The summed E-state index contributed by atoms with van der Waals surface area (Å²) in [6.45, 7) is 2.66. The van der Waals surface area contributed by atoms with E-state index >= 15 is 0 Å². The van der Waals surface area contributed by atoms with Crippen LogP contribution >= 0.6 is 0 Å². The van der Waals surface area contributed by atoms with Crippen molar-refractivity contribution < 1.29 is 9.32 Å². The highest BCUT2D eigenvalue weighted by Gasteiger charge is 2.28. The van der Waals surface area contributed by atoms with Gasteiger partial charge < -0.3 is 9.42 Å². The van der Waals surface area contributed by atoms with Gasteiger partial charge in [-0.2, -0.15) is 0 Å². The maximum Gasteiger partial charge on any atom is 0.257 e. The second-order valence-corrected chi connectivity index (χ2v) is 6.68. The first-order chi connectivity index (χ1) is 12.2. The molecule has 0 bridgehead atoms. The Balaban J connectivity index is 1.60. The van der Waals surface area contributed by atoms with Crippen molar-refractivity contribution in [1.82, 2.24) is 15.0 Å². The van der Waals surface area contributed by atoms with Crippen molar-refractivity contribution in [1.29, 1.82) is 0 Å². The van der Waals surface area contributed by atoms with Crippen LogP contribution in [0.2, 0.25) is 0 Å². The molecule has 0 saturated carbocycles. The summed E-state index contributed by atoms with van der Waals surface area (Å²) in [4.78, 5) is 19.4. The van der Waals surface area contributed by atoms with Gasteiger partial charge in [0, 0.05) is 18.8 Å². The van der Waals surface area contributed by atoms with Crippen molar-refractivity contribution in [2.24, 2.45) is 0 Å². The van der Waals surface area contributed by atoms with Gasteiger partial charge in [-0.1, -0.05) is 35.5 Å². The van der Waals surface area contributed by atoms with Crippen molar-refractivity contribution in [3.05, 3.63) is 59.4 Å². The number of hydrogen-bond donors (Lipinski definition) is 0. The highest BCUT2D eigenvalue weighted by atomic mass is 16.5. The van der Waals surface area contributed by atoms with Crippen molar-refractivity contribution in [3.63, 3.8) is 0 Å². The molecule has 0 unspecified atom stereocenters. The van der Waals surface area contributed by atoms with E-state index in [2.05, 4.69) is 34.4 Å². The molecule has 1 aliphatic rings. The Morgan fingerprint density at radius 1 is 1.28 bits per heavy atom. The second-order valence-electron chi connectivity index (χ2n) is 6.68. The molecule has 4 rings (SSSR count). The lowest BCUT2D eigenvalue weighted by molar-refractivity contribution is 0.0613. The number of benzene rings is 1. The van der Waals surface area contributed by atoms with Gasteiger partial charge >= 0.3 is 0 Å². The number of amides is 1. The van der Waals surface area contributed by atoms with Gasteiger partial charge in [0.05, 0.1) is 16.6 Å². The van der Waals surface area contributed by atoms with Crippen LogP contribution in [-0.2, 0) is 6.42 Å². The molecule has 1 saturated heterocycles. The molecule has 1 fully saturated rings. The second kappa shape index (κ2) is 6.67. The van der Waals surface area contributed by atoms with Crippen molar-refractivity contribution in [3.8, 4) is 0 Å². The average molecular weight is 335 g/mol. The standard InChI is InChI=1S/C20H21N3O2/c1-14-18-12-16(13-21-19(18)25-22-14)20(24)23-10-6-5-9-17(23)11-15-7-3-2-4-8-15/h2-4,7-8,12-13,17H,5-6,9-11H2,1H3/t17-/m0/s1. The summed E-state index contributed by atoms with van der Waals surface area (Å²) >= 11 is 0. The largest absolute Gasteiger partial charge is 0.336 e. The number of fused-ring (bicyclic) bond motifs is 1. The van der Waals surface area contributed by atoms with E-state index in [9.17, 15) is 4.79 Å². The Morgan fingerprint density at radius 3 is 2.96 bits per heavy atom. The molecule has 2 aromatic heterocycles. The minimum absolute atomic E-state index is 0.0515. The maximum atomic E-state index is 13.1. The SMILES string of the molecule is Cc1noc2ncc(C(=O)N3CCCC[C@H]3Cc3ccccc3)cc12. The zero-order chi connectivity index (χ0) is 17.2. The van der Waals surface area contributed by atoms with Gasteiger partial charge in [0.25, 0.3) is 11.6 Å². The predicted octanol–water partition coefficient (Wildman–Crippen LogP) is 3.77. The van der Waals surface area contributed by atoms with Crippen molar-refractivity contribution in [2.45, 2.75) is 38.6 Å². The molecular formula is C20H21N3O2. The monoisotopic (exact) mass is 335 g/mol. The lowest BCUT2D eigenvalue weighted by atomic mass is 9.95. The molecule has 5 heteroatoms. The van der Waals surface area contributed by atoms with Gasteiger partial charge in [-0.05, 0) is 44.2 Å². The normalized spacial score (nSPS) is 17.8. The molecule has 0 radical (unpaired) electrons. The summed E-state index contributed by atoms with van der Waals surface area (Å²) in [6.07, 6.45) is 5.77.